The number of thiazole rings is 1. The fourth-order valence-electron chi connectivity index (χ4n) is 1.82. The van der Waals surface area contributed by atoms with Gasteiger partial charge in [0.05, 0.1) is 16.8 Å². The van der Waals surface area contributed by atoms with E-state index in [1.165, 1.54) is 0 Å². The number of nitrogens with two attached hydrogens (primary N) is 1. The number of para-hydroxylation sites is 1. The van der Waals surface area contributed by atoms with Crippen LogP contribution in [0.25, 0.3) is 10.2 Å². The molecule has 0 aliphatic carbocycles. The molecule has 0 saturated heterocycles. The van der Waals surface area contributed by atoms with Crippen LogP contribution >= 0.6 is 36.2 Å². The number of nitrogens with zero attached hydrogens (tertiary/aromatic N) is 2. The first-order chi connectivity index (χ1) is 9.06. The molecule has 0 aliphatic heterocycles. The number of benzene rings is 1. The maximum absolute atomic E-state index is 11.9. The zero-order chi connectivity index (χ0) is 13.8. The van der Waals surface area contributed by atoms with Crippen LogP contribution in [-0.2, 0) is 11.3 Å². The number of halogens is 2. The normalized spacial score (nSPS) is 11.4. The number of rotatable bonds is 5. The Labute approximate surface area is 141 Å². The van der Waals surface area contributed by atoms with Crippen LogP contribution in [-0.4, -0.2) is 28.9 Å². The first-order valence-corrected chi connectivity index (χ1v) is 7.22. The highest BCUT2D eigenvalue weighted by Gasteiger charge is 2.12. The van der Waals surface area contributed by atoms with Crippen molar-refractivity contribution < 1.29 is 4.79 Å². The predicted molar refractivity (Wildman–Crippen MR) is 93.5 cm³/mol. The summed E-state index contributed by atoms with van der Waals surface area (Å²) in [7, 11) is 1.82. The molecule has 0 saturated carbocycles. The Morgan fingerprint density at radius 3 is 2.67 bits per heavy atom. The Morgan fingerprint density at radius 2 is 2.05 bits per heavy atom. The van der Waals surface area contributed by atoms with Crippen LogP contribution in [0, 0.1) is 0 Å². The first-order valence-electron chi connectivity index (χ1n) is 6.40. The van der Waals surface area contributed by atoms with Gasteiger partial charge in [-0.2, -0.15) is 0 Å². The van der Waals surface area contributed by atoms with E-state index in [0.29, 0.717) is 13.0 Å². The van der Waals surface area contributed by atoms with E-state index in [0.717, 1.165) is 21.6 Å². The maximum atomic E-state index is 11.9. The maximum Gasteiger partial charge on any atom is 0.222 e. The van der Waals surface area contributed by atoms with Gasteiger partial charge in [-0.05, 0) is 25.5 Å². The van der Waals surface area contributed by atoms with Crippen LogP contribution in [0.1, 0.15) is 24.8 Å². The van der Waals surface area contributed by atoms with Gasteiger partial charge < -0.3 is 10.6 Å². The second-order valence-electron chi connectivity index (χ2n) is 4.84. The lowest BCUT2D eigenvalue weighted by Crippen LogP contribution is -2.27. The monoisotopic (exact) mass is 349 g/mol. The van der Waals surface area contributed by atoms with Crippen molar-refractivity contribution in [3.05, 3.63) is 29.3 Å². The topological polar surface area (TPSA) is 59.2 Å². The van der Waals surface area contributed by atoms with E-state index in [4.69, 9.17) is 5.73 Å². The number of carbonyl (C=O) groups is 1. The molecule has 0 fully saturated rings. The molecule has 21 heavy (non-hydrogen) atoms. The Hall–Kier alpha value is -0.880. The van der Waals surface area contributed by atoms with Crippen LogP contribution in [0.5, 0.6) is 0 Å². The van der Waals surface area contributed by atoms with E-state index in [1.807, 2.05) is 32.2 Å². The molecule has 7 heteroatoms. The Kier molecular flexibility index (Phi) is 8.82. The molecule has 2 N–H and O–H groups in total. The van der Waals surface area contributed by atoms with Crippen molar-refractivity contribution in [2.45, 2.75) is 32.4 Å². The summed E-state index contributed by atoms with van der Waals surface area (Å²) in [6.45, 7) is 2.48. The van der Waals surface area contributed by atoms with Crippen LogP contribution in [0.2, 0.25) is 0 Å². The minimum Gasteiger partial charge on any atom is -0.339 e. The predicted octanol–water partition coefficient (Wildman–Crippen LogP) is 3.23. The number of fused-ring (bicyclic) bond motifs is 1. The van der Waals surface area contributed by atoms with E-state index < -0.39 is 0 Å². The highest BCUT2D eigenvalue weighted by molar-refractivity contribution is 7.18. The van der Waals surface area contributed by atoms with Crippen molar-refractivity contribution in [3.63, 3.8) is 0 Å². The summed E-state index contributed by atoms with van der Waals surface area (Å²) in [6.07, 6.45) is 1.22. The summed E-state index contributed by atoms with van der Waals surface area (Å²) < 4.78 is 1.16. The van der Waals surface area contributed by atoms with Gasteiger partial charge in [0, 0.05) is 19.5 Å². The molecule has 1 aromatic carbocycles. The molecule has 0 bridgehead atoms. The van der Waals surface area contributed by atoms with E-state index in [1.54, 1.807) is 16.2 Å². The number of hydrogen-bond donors (Lipinski definition) is 1. The fraction of sp³-hybridized carbons (Fsp3) is 0.429. The smallest absolute Gasteiger partial charge is 0.222 e. The van der Waals surface area contributed by atoms with Gasteiger partial charge in [0.15, 0.2) is 0 Å². The quantitative estimate of drug-likeness (QED) is 0.901. The van der Waals surface area contributed by atoms with Crippen molar-refractivity contribution >= 4 is 52.3 Å². The molecule has 1 unspecified atom stereocenters. The molecule has 0 aliphatic rings. The summed E-state index contributed by atoms with van der Waals surface area (Å²) in [5.41, 5.74) is 6.66. The summed E-state index contributed by atoms with van der Waals surface area (Å²) in [5.74, 6) is 0.122. The minimum absolute atomic E-state index is 0. The zero-order valence-electron chi connectivity index (χ0n) is 12.1. The number of carbonyl (C=O) groups excluding carboxylic acids is 1. The Bertz CT molecular complexity index is 541. The molecule has 4 nitrogen and oxygen atoms in total. The molecule has 1 heterocycles. The molecule has 2 aromatic rings. The van der Waals surface area contributed by atoms with Gasteiger partial charge in [-0.15, -0.1) is 36.2 Å². The molecule has 0 spiro atoms. The molecule has 0 radical (unpaired) electrons. The molecule has 1 amide bonds. The number of aromatic nitrogens is 1. The van der Waals surface area contributed by atoms with Crippen LogP contribution in [0.4, 0.5) is 0 Å². The van der Waals surface area contributed by atoms with Crippen LogP contribution in [0.3, 0.4) is 0 Å². The largest absolute Gasteiger partial charge is 0.339 e. The second-order valence-corrected chi connectivity index (χ2v) is 5.96. The number of hydrogen-bond acceptors (Lipinski definition) is 4. The van der Waals surface area contributed by atoms with Gasteiger partial charge in [-0.1, -0.05) is 12.1 Å². The van der Waals surface area contributed by atoms with E-state index in [2.05, 4.69) is 11.1 Å². The highest BCUT2D eigenvalue weighted by Crippen LogP contribution is 2.22. The average Bonchev–Trinajstić information content (AvgIpc) is 2.77. The van der Waals surface area contributed by atoms with Crippen molar-refractivity contribution in [1.82, 2.24) is 9.88 Å². The fourth-order valence-corrected chi connectivity index (χ4v) is 2.84. The standard InChI is InChI=1S/C14H19N3OS.2ClH/c1-10(15)7-8-14(18)17(2)9-13-16-11-5-3-4-6-12(11)19-13;;/h3-6,10H,7-9,15H2,1-2H3;2*1H. The number of amides is 1. The molecule has 2 rings (SSSR count). The summed E-state index contributed by atoms with van der Waals surface area (Å²) in [4.78, 5) is 18.2. The van der Waals surface area contributed by atoms with Gasteiger partial charge in [-0.25, -0.2) is 4.98 Å². The lowest BCUT2D eigenvalue weighted by atomic mass is 10.2. The van der Waals surface area contributed by atoms with Gasteiger partial charge in [0.2, 0.25) is 5.91 Å². The molecule has 1 aromatic heterocycles. The van der Waals surface area contributed by atoms with Gasteiger partial charge >= 0.3 is 0 Å². The molecule has 118 valence electrons. The SMILES string of the molecule is CC(N)CCC(=O)N(C)Cc1nc2ccccc2s1.Cl.Cl. The second kappa shape index (κ2) is 9.20. The van der Waals surface area contributed by atoms with Crippen molar-refractivity contribution in [2.24, 2.45) is 5.73 Å². The van der Waals surface area contributed by atoms with Crippen molar-refractivity contribution in [2.75, 3.05) is 7.05 Å². The summed E-state index contributed by atoms with van der Waals surface area (Å²) in [6, 6.07) is 8.09. The minimum atomic E-state index is 0. The van der Waals surface area contributed by atoms with Gasteiger partial charge in [-0.3, -0.25) is 4.79 Å². The average molecular weight is 350 g/mol. The third-order valence-electron chi connectivity index (χ3n) is 2.95. The third kappa shape index (κ3) is 5.79. The van der Waals surface area contributed by atoms with Crippen LogP contribution < -0.4 is 5.73 Å². The van der Waals surface area contributed by atoms with Crippen molar-refractivity contribution in [1.29, 1.82) is 0 Å². The lowest BCUT2D eigenvalue weighted by Gasteiger charge is -2.16. The lowest BCUT2D eigenvalue weighted by molar-refractivity contribution is -0.130. The Balaban J connectivity index is 0.00000200. The van der Waals surface area contributed by atoms with Crippen molar-refractivity contribution in [3.8, 4) is 0 Å². The summed E-state index contributed by atoms with van der Waals surface area (Å²) in [5, 5.41) is 0.970. The van der Waals surface area contributed by atoms with Gasteiger partial charge in [0.1, 0.15) is 5.01 Å². The zero-order valence-corrected chi connectivity index (χ0v) is 14.6. The molecular weight excluding hydrogens is 329 g/mol. The van der Waals surface area contributed by atoms with Crippen LogP contribution in [0.15, 0.2) is 24.3 Å². The Morgan fingerprint density at radius 1 is 1.38 bits per heavy atom. The van der Waals surface area contributed by atoms with E-state index in [-0.39, 0.29) is 36.8 Å². The first kappa shape index (κ1) is 20.1. The summed E-state index contributed by atoms with van der Waals surface area (Å²) >= 11 is 1.64. The third-order valence-corrected chi connectivity index (χ3v) is 3.97. The molecule has 1 atom stereocenters. The highest BCUT2D eigenvalue weighted by atomic mass is 35.5. The molecular formula is C14H21Cl2N3OS. The van der Waals surface area contributed by atoms with E-state index >= 15 is 0 Å². The van der Waals surface area contributed by atoms with E-state index in [9.17, 15) is 4.79 Å². The van der Waals surface area contributed by atoms with Gasteiger partial charge in [0.25, 0.3) is 0 Å².